The standard InChI is InChI=1S/C10H5N5O5S.Na.H/c16-8-5(9(17)12-10(18)11-8)3-1-2-4(15(19)20)7-6(3)13-21-14-7;;/h1-2,5H,(H2,11,12,16,17,18);;/q;+1;-1. The Labute approximate surface area is 149 Å². The van der Waals surface area contributed by atoms with Gasteiger partial charge in [0.1, 0.15) is 11.4 Å². The van der Waals surface area contributed by atoms with Gasteiger partial charge in [-0.25, -0.2) is 4.79 Å². The minimum Gasteiger partial charge on any atom is -1.00 e. The zero-order valence-corrected chi connectivity index (χ0v) is 13.8. The molecule has 0 atom stereocenters. The molecule has 1 aliphatic rings. The van der Waals surface area contributed by atoms with Crippen molar-refractivity contribution in [1.29, 1.82) is 0 Å². The van der Waals surface area contributed by atoms with Crippen molar-refractivity contribution in [1.82, 2.24) is 19.4 Å². The average molecular weight is 331 g/mol. The number of benzene rings is 1. The molecule has 3 rings (SSSR count). The van der Waals surface area contributed by atoms with E-state index in [9.17, 15) is 24.5 Å². The predicted molar refractivity (Wildman–Crippen MR) is 69.6 cm³/mol. The van der Waals surface area contributed by atoms with Crippen LogP contribution < -0.4 is 40.2 Å². The molecule has 2 heterocycles. The van der Waals surface area contributed by atoms with E-state index < -0.39 is 28.7 Å². The van der Waals surface area contributed by atoms with Gasteiger partial charge in [-0.15, -0.1) is 0 Å². The Kier molecular flexibility index (Phi) is 4.51. The Morgan fingerprint density at radius 3 is 2.32 bits per heavy atom. The van der Waals surface area contributed by atoms with Crippen molar-refractivity contribution in [3.63, 3.8) is 0 Å². The summed E-state index contributed by atoms with van der Waals surface area (Å²) >= 11 is 0.731. The van der Waals surface area contributed by atoms with E-state index in [0.717, 1.165) is 17.8 Å². The van der Waals surface area contributed by atoms with Crippen molar-refractivity contribution >= 4 is 46.3 Å². The Morgan fingerprint density at radius 2 is 1.73 bits per heavy atom. The zero-order valence-electron chi connectivity index (χ0n) is 12.0. The molecule has 2 aromatic rings. The first-order valence-electron chi connectivity index (χ1n) is 5.54. The summed E-state index contributed by atoms with van der Waals surface area (Å²) in [5.74, 6) is -2.94. The fourth-order valence-electron chi connectivity index (χ4n) is 2.05. The summed E-state index contributed by atoms with van der Waals surface area (Å²) in [7, 11) is 0. The van der Waals surface area contributed by atoms with Crippen LogP contribution in [0.5, 0.6) is 0 Å². The second-order valence-corrected chi connectivity index (χ2v) is 4.66. The van der Waals surface area contributed by atoms with Crippen LogP contribution in [0, 0.1) is 10.1 Å². The summed E-state index contributed by atoms with van der Waals surface area (Å²) in [4.78, 5) is 45.0. The molecule has 0 radical (unpaired) electrons. The number of carbonyl (C=O) groups is 3. The fourth-order valence-corrected chi connectivity index (χ4v) is 2.63. The van der Waals surface area contributed by atoms with Gasteiger partial charge in [0.25, 0.3) is 5.69 Å². The average Bonchev–Trinajstić information content (AvgIpc) is 2.86. The fraction of sp³-hybridized carbons (Fsp3) is 0.100. The summed E-state index contributed by atoms with van der Waals surface area (Å²) in [5, 5.41) is 14.8. The smallest absolute Gasteiger partial charge is 1.00 e. The van der Waals surface area contributed by atoms with Gasteiger partial charge < -0.3 is 1.43 Å². The Bertz CT molecular complexity index is 807. The van der Waals surface area contributed by atoms with Gasteiger partial charge in [0.05, 0.1) is 16.7 Å². The molecule has 0 aliphatic carbocycles. The van der Waals surface area contributed by atoms with E-state index in [0.29, 0.717) is 0 Å². The van der Waals surface area contributed by atoms with Crippen LogP contribution in [0.3, 0.4) is 0 Å². The third-order valence-corrected chi connectivity index (χ3v) is 3.46. The van der Waals surface area contributed by atoms with Gasteiger partial charge in [-0.05, 0) is 6.07 Å². The molecule has 108 valence electrons. The third-order valence-electron chi connectivity index (χ3n) is 2.93. The minimum atomic E-state index is -1.31. The maximum atomic E-state index is 11.8. The first-order chi connectivity index (χ1) is 9.99. The van der Waals surface area contributed by atoms with E-state index in [1.807, 2.05) is 10.6 Å². The summed E-state index contributed by atoms with van der Waals surface area (Å²) in [6.45, 7) is 0. The summed E-state index contributed by atoms with van der Waals surface area (Å²) in [6.07, 6.45) is 0. The van der Waals surface area contributed by atoms with Crippen LogP contribution >= 0.6 is 11.7 Å². The number of barbiturate groups is 1. The molecule has 0 saturated carbocycles. The van der Waals surface area contributed by atoms with Gasteiger partial charge in [0, 0.05) is 11.6 Å². The number of carbonyl (C=O) groups excluding carboxylic acids is 3. The normalized spacial score (nSPS) is 15.2. The second-order valence-electron chi connectivity index (χ2n) is 4.13. The molecule has 1 fully saturated rings. The number of urea groups is 1. The summed E-state index contributed by atoms with van der Waals surface area (Å²) in [5.41, 5.74) is -0.0131. The number of nitro benzene ring substituents is 1. The number of nitrogens with one attached hydrogen (secondary N) is 2. The van der Waals surface area contributed by atoms with Crippen LogP contribution in [0.1, 0.15) is 12.9 Å². The number of fused-ring (bicyclic) bond motifs is 1. The summed E-state index contributed by atoms with van der Waals surface area (Å²) < 4.78 is 7.72. The van der Waals surface area contributed by atoms with E-state index in [1.54, 1.807) is 0 Å². The minimum absolute atomic E-state index is 0. The number of nitrogens with zero attached hydrogens (tertiary/aromatic N) is 3. The third kappa shape index (κ3) is 2.59. The number of aromatic nitrogens is 2. The molecular formula is C10H6N5NaO5S. The molecule has 4 amide bonds. The molecule has 22 heavy (non-hydrogen) atoms. The second kappa shape index (κ2) is 6.04. The molecule has 1 aliphatic heterocycles. The monoisotopic (exact) mass is 331 g/mol. The van der Waals surface area contributed by atoms with Gasteiger partial charge in [-0.3, -0.25) is 30.3 Å². The maximum Gasteiger partial charge on any atom is 1.00 e. The number of hydrogen-bond acceptors (Lipinski definition) is 8. The Hall–Kier alpha value is -1.95. The number of amides is 4. The van der Waals surface area contributed by atoms with Crippen LogP contribution in [-0.4, -0.2) is 31.5 Å². The van der Waals surface area contributed by atoms with Crippen LogP contribution in [0.4, 0.5) is 10.5 Å². The molecule has 1 saturated heterocycles. The van der Waals surface area contributed by atoms with E-state index in [1.165, 1.54) is 6.07 Å². The van der Waals surface area contributed by atoms with Crippen molar-refractivity contribution in [3.8, 4) is 0 Å². The van der Waals surface area contributed by atoms with Gasteiger partial charge in [-0.1, -0.05) is 0 Å². The zero-order chi connectivity index (χ0) is 15.1. The number of rotatable bonds is 2. The Morgan fingerprint density at radius 1 is 1.14 bits per heavy atom. The van der Waals surface area contributed by atoms with Crippen LogP contribution in [0.25, 0.3) is 11.0 Å². The SMILES string of the molecule is O=C1NC(=O)C(c2ccc([N+](=O)[O-])c3nsnc23)C(=O)N1.[H-].[Na+]. The maximum absolute atomic E-state index is 11.8. The van der Waals surface area contributed by atoms with Crippen molar-refractivity contribution in [2.75, 3.05) is 0 Å². The van der Waals surface area contributed by atoms with Gasteiger partial charge in [0.2, 0.25) is 11.8 Å². The first kappa shape index (κ1) is 16.4. The molecule has 0 spiro atoms. The van der Waals surface area contributed by atoms with Crippen LogP contribution in [0.2, 0.25) is 0 Å². The summed E-state index contributed by atoms with van der Waals surface area (Å²) in [6, 6.07) is 1.51. The van der Waals surface area contributed by atoms with Crippen LogP contribution in [0.15, 0.2) is 12.1 Å². The molecule has 2 N–H and O–H groups in total. The van der Waals surface area contributed by atoms with Gasteiger partial charge in [-0.2, -0.15) is 8.75 Å². The molecule has 1 aromatic carbocycles. The van der Waals surface area contributed by atoms with E-state index in [4.69, 9.17) is 0 Å². The molecule has 1 aromatic heterocycles. The van der Waals surface area contributed by atoms with Gasteiger partial charge in [0.15, 0.2) is 5.52 Å². The number of non-ortho nitro benzene ring substituents is 1. The molecular weight excluding hydrogens is 325 g/mol. The van der Waals surface area contributed by atoms with Crippen molar-refractivity contribution < 1.29 is 50.3 Å². The number of nitro groups is 1. The number of imide groups is 2. The van der Waals surface area contributed by atoms with Gasteiger partial charge >= 0.3 is 35.6 Å². The van der Waals surface area contributed by atoms with E-state index in [2.05, 4.69) is 8.75 Å². The molecule has 0 unspecified atom stereocenters. The van der Waals surface area contributed by atoms with Crippen molar-refractivity contribution in [3.05, 3.63) is 27.8 Å². The Balaban J connectivity index is 0.00000132. The topological polar surface area (TPSA) is 144 Å². The molecule has 0 bridgehead atoms. The first-order valence-corrected chi connectivity index (χ1v) is 6.27. The quantitative estimate of drug-likeness (QED) is 0.261. The van der Waals surface area contributed by atoms with E-state index in [-0.39, 0.29) is 53.3 Å². The van der Waals surface area contributed by atoms with Crippen LogP contribution in [-0.2, 0) is 9.59 Å². The molecule has 12 heteroatoms. The van der Waals surface area contributed by atoms with Crippen molar-refractivity contribution in [2.45, 2.75) is 5.92 Å². The number of hydrogen-bond donors (Lipinski definition) is 2. The van der Waals surface area contributed by atoms with Crippen molar-refractivity contribution in [2.24, 2.45) is 0 Å². The molecule has 10 nitrogen and oxygen atoms in total. The largest absolute Gasteiger partial charge is 1.00 e. The predicted octanol–water partition coefficient (Wildman–Crippen LogP) is -2.83. The van der Waals surface area contributed by atoms with E-state index >= 15 is 0 Å².